The summed E-state index contributed by atoms with van der Waals surface area (Å²) in [4.78, 5) is 17.2. The lowest BCUT2D eigenvalue weighted by Crippen LogP contribution is -2.23. The van der Waals surface area contributed by atoms with Crippen LogP contribution in [0.5, 0.6) is 0 Å². The first kappa shape index (κ1) is 13.9. The van der Waals surface area contributed by atoms with Gasteiger partial charge >= 0.3 is 0 Å². The van der Waals surface area contributed by atoms with Crippen molar-refractivity contribution in [3.05, 3.63) is 72.1 Å². The van der Waals surface area contributed by atoms with Gasteiger partial charge in [-0.25, -0.2) is 10.2 Å². The molecule has 0 bridgehead atoms. The van der Waals surface area contributed by atoms with E-state index >= 15 is 0 Å². The molecule has 1 heterocycles. The minimum Gasteiger partial charge on any atom is -0.269 e. The van der Waals surface area contributed by atoms with Crippen LogP contribution in [0.15, 0.2) is 60.9 Å². The van der Waals surface area contributed by atoms with Crippen molar-refractivity contribution in [3.8, 4) is 5.69 Å². The molecule has 0 atom stereocenters. The summed E-state index contributed by atoms with van der Waals surface area (Å²) in [6.07, 6.45) is 1.48. The summed E-state index contributed by atoms with van der Waals surface area (Å²) in [5.74, 6) is -0.306. The summed E-state index contributed by atoms with van der Waals surface area (Å²) in [6, 6.07) is 16.5. The number of hydrogen-bond donors (Lipinski definition) is 1. The van der Waals surface area contributed by atoms with Crippen LogP contribution in [0.2, 0.25) is 0 Å². The van der Waals surface area contributed by atoms with Crippen LogP contribution < -0.4 is 5.48 Å². The summed E-state index contributed by atoms with van der Waals surface area (Å²) in [5, 5.41) is 10.9. The zero-order valence-electron chi connectivity index (χ0n) is 11.6. The Kier molecular flexibility index (Phi) is 4.17. The van der Waals surface area contributed by atoms with E-state index in [1.165, 1.54) is 11.0 Å². The van der Waals surface area contributed by atoms with E-state index in [0.29, 0.717) is 12.2 Å². The fourth-order valence-corrected chi connectivity index (χ4v) is 1.86. The second-order valence-corrected chi connectivity index (χ2v) is 4.51. The van der Waals surface area contributed by atoms with Crippen LogP contribution in [0.25, 0.3) is 5.69 Å². The second kappa shape index (κ2) is 6.59. The normalized spacial score (nSPS) is 10.4. The quantitative estimate of drug-likeness (QED) is 0.722. The minimum atomic E-state index is -0.306. The van der Waals surface area contributed by atoms with Gasteiger partial charge in [-0.05, 0) is 40.3 Å². The Morgan fingerprint density at radius 1 is 1.09 bits per heavy atom. The monoisotopic (exact) mass is 295 g/mol. The van der Waals surface area contributed by atoms with E-state index < -0.39 is 0 Å². The predicted octanol–water partition coefficient (Wildman–Crippen LogP) is 1.52. The van der Waals surface area contributed by atoms with Gasteiger partial charge in [0.25, 0.3) is 5.91 Å². The Morgan fingerprint density at radius 3 is 2.55 bits per heavy atom. The molecular weight excluding hydrogens is 282 g/mol. The van der Waals surface area contributed by atoms with E-state index in [1.807, 2.05) is 30.3 Å². The highest BCUT2D eigenvalue weighted by molar-refractivity contribution is 5.93. The van der Waals surface area contributed by atoms with Crippen LogP contribution in [-0.2, 0) is 11.4 Å². The van der Waals surface area contributed by atoms with Crippen molar-refractivity contribution in [2.45, 2.75) is 6.61 Å². The van der Waals surface area contributed by atoms with Crippen molar-refractivity contribution in [1.82, 2.24) is 25.7 Å². The largest absolute Gasteiger partial charge is 0.274 e. The molecule has 7 nitrogen and oxygen atoms in total. The highest BCUT2D eigenvalue weighted by atomic mass is 16.6. The van der Waals surface area contributed by atoms with E-state index in [9.17, 15) is 4.79 Å². The van der Waals surface area contributed by atoms with Gasteiger partial charge in [-0.3, -0.25) is 9.63 Å². The molecule has 0 saturated heterocycles. The van der Waals surface area contributed by atoms with Crippen molar-refractivity contribution >= 4 is 5.91 Å². The summed E-state index contributed by atoms with van der Waals surface area (Å²) in [5.41, 5.74) is 4.66. The standard InChI is InChI=1S/C15H13N5O2/c21-15(17-22-10-12-4-2-1-3-5-12)13-6-8-14(9-7-13)20-11-16-18-19-20/h1-9,11H,10H2,(H,17,21). The Labute approximate surface area is 126 Å². The predicted molar refractivity (Wildman–Crippen MR) is 77.9 cm³/mol. The van der Waals surface area contributed by atoms with Gasteiger partial charge in [0.15, 0.2) is 0 Å². The molecule has 0 saturated carbocycles. The molecule has 110 valence electrons. The van der Waals surface area contributed by atoms with Crippen LogP contribution in [0.1, 0.15) is 15.9 Å². The number of carbonyl (C=O) groups excluding carboxylic acids is 1. The zero-order chi connectivity index (χ0) is 15.2. The fraction of sp³-hybridized carbons (Fsp3) is 0.0667. The van der Waals surface area contributed by atoms with Crippen LogP contribution in [0.4, 0.5) is 0 Å². The lowest BCUT2D eigenvalue weighted by atomic mass is 10.2. The molecule has 0 aliphatic heterocycles. The third-order valence-corrected chi connectivity index (χ3v) is 2.99. The SMILES string of the molecule is O=C(NOCc1ccccc1)c1ccc(-n2cnnn2)cc1. The highest BCUT2D eigenvalue weighted by Gasteiger charge is 2.06. The van der Waals surface area contributed by atoms with Gasteiger partial charge in [-0.2, -0.15) is 0 Å². The van der Waals surface area contributed by atoms with Gasteiger partial charge in [0.1, 0.15) is 6.33 Å². The summed E-state index contributed by atoms with van der Waals surface area (Å²) < 4.78 is 1.51. The average Bonchev–Trinajstić information content (AvgIpc) is 3.10. The number of nitrogens with one attached hydrogen (secondary N) is 1. The number of benzene rings is 2. The van der Waals surface area contributed by atoms with Gasteiger partial charge in [0, 0.05) is 5.56 Å². The van der Waals surface area contributed by atoms with Gasteiger partial charge in [-0.1, -0.05) is 30.3 Å². The number of tetrazole rings is 1. The summed E-state index contributed by atoms with van der Waals surface area (Å²) in [7, 11) is 0. The first-order chi connectivity index (χ1) is 10.8. The van der Waals surface area contributed by atoms with Crippen LogP contribution in [0, 0.1) is 0 Å². The number of nitrogens with zero attached hydrogens (tertiary/aromatic N) is 4. The molecule has 0 spiro atoms. The topological polar surface area (TPSA) is 81.9 Å². The van der Waals surface area contributed by atoms with E-state index in [0.717, 1.165) is 11.3 Å². The minimum absolute atomic E-state index is 0.306. The van der Waals surface area contributed by atoms with Crippen LogP contribution in [-0.4, -0.2) is 26.1 Å². The molecular formula is C15H13N5O2. The van der Waals surface area contributed by atoms with Crippen molar-refractivity contribution in [1.29, 1.82) is 0 Å². The molecule has 2 aromatic carbocycles. The lowest BCUT2D eigenvalue weighted by molar-refractivity contribution is 0.0233. The molecule has 1 aromatic heterocycles. The van der Waals surface area contributed by atoms with Crippen molar-refractivity contribution in [2.75, 3.05) is 0 Å². The van der Waals surface area contributed by atoms with E-state index in [4.69, 9.17) is 4.84 Å². The second-order valence-electron chi connectivity index (χ2n) is 4.51. The van der Waals surface area contributed by atoms with Gasteiger partial charge in [0.2, 0.25) is 0 Å². The molecule has 0 aliphatic rings. The van der Waals surface area contributed by atoms with Crippen molar-refractivity contribution < 1.29 is 9.63 Å². The fourth-order valence-electron chi connectivity index (χ4n) is 1.86. The molecule has 7 heteroatoms. The number of rotatable bonds is 5. The van der Waals surface area contributed by atoms with Crippen molar-refractivity contribution in [3.63, 3.8) is 0 Å². The lowest BCUT2D eigenvalue weighted by Gasteiger charge is -2.06. The number of amides is 1. The highest BCUT2D eigenvalue weighted by Crippen LogP contribution is 2.08. The molecule has 3 aromatic rings. The molecule has 1 amide bonds. The van der Waals surface area contributed by atoms with Gasteiger partial charge in [0.05, 0.1) is 12.3 Å². The zero-order valence-corrected chi connectivity index (χ0v) is 11.6. The number of hydrogen-bond acceptors (Lipinski definition) is 5. The Balaban J connectivity index is 1.56. The Bertz CT molecular complexity index is 726. The molecule has 0 fully saturated rings. The first-order valence-electron chi connectivity index (χ1n) is 6.62. The molecule has 0 radical (unpaired) electrons. The molecule has 1 N–H and O–H groups in total. The van der Waals surface area contributed by atoms with Crippen LogP contribution >= 0.6 is 0 Å². The number of carbonyl (C=O) groups is 1. The van der Waals surface area contributed by atoms with Crippen molar-refractivity contribution in [2.24, 2.45) is 0 Å². The third kappa shape index (κ3) is 3.33. The maximum Gasteiger partial charge on any atom is 0.274 e. The van der Waals surface area contributed by atoms with E-state index in [2.05, 4.69) is 21.0 Å². The first-order valence-corrected chi connectivity index (χ1v) is 6.62. The summed E-state index contributed by atoms with van der Waals surface area (Å²) in [6.45, 7) is 0.315. The summed E-state index contributed by atoms with van der Waals surface area (Å²) >= 11 is 0. The maximum absolute atomic E-state index is 11.9. The maximum atomic E-state index is 11.9. The van der Waals surface area contributed by atoms with Crippen LogP contribution in [0.3, 0.4) is 0 Å². The Hall–Kier alpha value is -3.06. The number of hydroxylamine groups is 1. The van der Waals surface area contributed by atoms with E-state index in [1.54, 1.807) is 24.3 Å². The average molecular weight is 295 g/mol. The molecule has 3 rings (SSSR count). The third-order valence-electron chi connectivity index (χ3n) is 2.99. The Morgan fingerprint density at radius 2 is 1.86 bits per heavy atom. The smallest absolute Gasteiger partial charge is 0.269 e. The number of aromatic nitrogens is 4. The molecule has 22 heavy (non-hydrogen) atoms. The van der Waals surface area contributed by atoms with Gasteiger partial charge in [-0.15, -0.1) is 5.10 Å². The van der Waals surface area contributed by atoms with Gasteiger partial charge < -0.3 is 0 Å². The molecule has 0 unspecified atom stereocenters. The van der Waals surface area contributed by atoms with E-state index in [-0.39, 0.29) is 5.91 Å². The molecule has 0 aliphatic carbocycles.